The van der Waals surface area contributed by atoms with Crippen LogP contribution < -0.4 is 0 Å². The molecule has 0 aliphatic carbocycles. The van der Waals surface area contributed by atoms with Crippen LogP contribution in [0.5, 0.6) is 0 Å². The standard InChI is InChI=1S/C20H24N2O3S/c1-15-5-4-10-22(13-15)20(23)18-7-3-6-17(11-18)19-9-8-16(12-21-19)14-26(2,24)25/h3,6-9,11-12,15H,4-5,10,13-14H2,1-2H3/t15-/m1/s1. The molecule has 1 aliphatic heterocycles. The van der Waals surface area contributed by atoms with Gasteiger partial charge in [-0.3, -0.25) is 9.78 Å². The number of carbonyl (C=O) groups is 1. The number of likely N-dealkylation sites (tertiary alicyclic amines) is 1. The first kappa shape index (κ1) is 18.6. The normalized spacial score (nSPS) is 17.9. The summed E-state index contributed by atoms with van der Waals surface area (Å²) >= 11 is 0. The number of benzene rings is 1. The highest BCUT2D eigenvalue weighted by atomic mass is 32.2. The van der Waals surface area contributed by atoms with E-state index in [1.165, 1.54) is 12.7 Å². The van der Waals surface area contributed by atoms with Crippen LogP contribution >= 0.6 is 0 Å². The lowest BCUT2D eigenvalue weighted by Crippen LogP contribution is -2.39. The molecule has 1 fully saturated rings. The molecule has 0 unspecified atom stereocenters. The summed E-state index contributed by atoms with van der Waals surface area (Å²) in [6.07, 6.45) is 5.01. The molecule has 5 nitrogen and oxygen atoms in total. The molecule has 2 aromatic rings. The second-order valence-electron chi connectivity index (χ2n) is 7.20. The van der Waals surface area contributed by atoms with Crippen molar-refractivity contribution >= 4 is 15.7 Å². The smallest absolute Gasteiger partial charge is 0.253 e. The van der Waals surface area contributed by atoms with Crippen LogP contribution in [0.2, 0.25) is 0 Å². The molecule has 1 aromatic carbocycles. The van der Waals surface area contributed by atoms with E-state index in [1.54, 1.807) is 18.3 Å². The van der Waals surface area contributed by atoms with Crippen LogP contribution in [0.1, 0.15) is 35.7 Å². The number of sulfone groups is 1. The molecule has 0 bridgehead atoms. The summed E-state index contributed by atoms with van der Waals surface area (Å²) in [4.78, 5) is 19.1. The van der Waals surface area contributed by atoms with Gasteiger partial charge >= 0.3 is 0 Å². The second kappa shape index (κ2) is 7.58. The molecule has 0 spiro atoms. The predicted octanol–water partition coefficient (Wildman–Crippen LogP) is 3.17. The number of aromatic nitrogens is 1. The van der Waals surface area contributed by atoms with E-state index in [4.69, 9.17) is 0 Å². The van der Waals surface area contributed by atoms with Crippen LogP contribution in [0.4, 0.5) is 0 Å². The van der Waals surface area contributed by atoms with Crippen molar-refractivity contribution in [2.75, 3.05) is 19.3 Å². The Morgan fingerprint density at radius 1 is 1.27 bits per heavy atom. The molecule has 0 radical (unpaired) electrons. The summed E-state index contributed by atoms with van der Waals surface area (Å²) in [7, 11) is -3.08. The van der Waals surface area contributed by atoms with Gasteiger partial charge in [0.2, 0.25) is 0 Å². The van der Waals surface area contributed by atoms with Crippen LogP contribution in [-0.4, -0.2) is 43.6 Å². The van der Waals surface area contributed by atoms with Crippen molar-refractivity contribution in [2.45, 2.75) is 25.5 Å². The lowest BCUT2D eigenvalue weighted by molar-refractivity contribution is 0.0683. The average molecular weight is 372 g/mol. The number of pyridine rings is 1. The second-order valence-corrected chi connectivity index (χ2v) is 9.34. The molecule has 6 heteroatoms. The van der Waals surface area contributed by atoms with Gasteiger partial charge < -0.3 is 4.90 Å². The Labute approximate surface area is 155 Å². The van der Waals surface area contributed by atoms with Gasteiger partial charge in [-0.2, -0.15) is 0 Å². The summed E-state index contributed by atoms with van der Waals surface area (Å²) < 4.78 is 22.8. The summed E-state index contributed by atoms with van der Waals surface area (Å²) in [5.41, 5.74) is 2.90. The van der Waals surface area contributed by atoms with E-state index in [2.05, 4.69) is 11.9 Å². The number of hydrogen-bond donors (Lipinski definition) is 0. The number of amides is 1. The molecular formula is C20H24N2O3S. The Hall–Kier alpha value is -2.21. The van der Waals surface area contributed by atoms with Crippen LogP contribution in [0, 0.1) is 5.92 Å². The van der Waals surface area contributed by atoms with Crippen molar-refractivity contribution in [2.24, 2.45) is 5.92 Å². The predicted molar refractivity (Wildman–Crippen MR) is 103 cm³/mol. The Bertz CT molecular complexity index is 892. The molecule has 0 saturated carbocycles. The van der Waals surface area contributed by atoms with Crippen molar-refractivity contribution in [3.63, 3.8) is 0 Å². The van der Waals surface area contributed by atoms with Crippen LogP contribution in [0.3, 0.4) is 0 Å². The van der Waals surface area contributed by atoms with Crippen molar-refractivity contribution < 1.29 is 13.2 Å². The van der Waals surface area contributed by atoms with Crippen LogP contribution in [0.15, 0.2) is 42.6 Å². The van der Waals surface area contributed by atoms with E-state index >= 15 is 0 Å². The zero-order valence-electron chi connectivity index (χ0n) is 15.2. The number of hydrogen-bond acceptors (Lipinski definition) is 4. The molecule has 26 heavy (non-hydrogen) atoms. The largest absolute Gasteiger partial charge is 0.338 e. The van der Waals surface area contributed by atoms with Gasteiger partial charge in [0.1, 0.15) is 0 Å². The van der Waals surface area contributed by atoms with Crippen LogP contribution in [0.25, 0.3) is 11.3 Å². The zero-order valence-corrected chi connectivity index (χ0v) is 16.0. The van der Waals surface area contributed by atoms with E-state index in [0.717, 1.165) is 30.8 Å². The minimum atomic E-state index is -3.08. The van der Waals surface area contributed by atoms with Crippen molar-refractivity contribution in [1.82, 2.24) is 9.88 Å². The van der Waals surface area contributed by atoms with Gasteiger partial charge in [0.05, 0.1) is 11.4 Å². The fourth-order valence-corrected chi connectivity index (χ4v) is 4.13. The lowest BCUT2D eigenvalue weighted by atomic mass is 9.99. The summed E-state index contributed by atoms with van der Waals surface area (Å²) in [6.45, 7) is 3.80. The third kappa shape index (κ3) is 4.69. The summed E-state index contributed by atoms with van der Waals surface area (Å²) in [5, 5.41) is 0. The topological polar surface area (TPSA) is 67.3 Å². The van der Waals surface area contributed by atoms with Crippen LogP contribution in [-0.2, 0) is 15.6 Å². The highest BCUT2D eigenvalue weighted by Crippen LogP contribution is 2.22. The first-order valence-electron chi connectivity index (χ1n) is 8.84. The molecule has 1 aliphatic rings. The third-order valence-corrected chi connectivity index (χ3v) is 5.46. The maximum absolute atomic E-state index is 12.8. The Kier molecular flexibility index (Phi) is 5.41. The van der Waals surface area contributed by atoms with Gasteiger partial charge in [-0.25, -0.2) is 8.42 Å². The zero-order chi connectivity index (χ0) is 18.7. The number of carbonyl (C=O) groups excluding carboxylic acids is 1. The van der Waals surface area contributed by atoms with E-state index in [0.29, 0.717) is 17.0 Å². The molecular weight excluding hydrogens is 348 g/mol. The molecule has 1 saturated heterocycles. The average Bonchev–Trinajstić information content (AvgIpc) is 2.60. The van der Waals surface area contributed by atoms with E-state index in [1.807, 2.05) is 29.2 Å². The Morgan fingerprint density at radius 3 is 2.73 bits per heavy atom. The molecule has 0 N–H and O–H groups in total. The molecule has 1 atom stereocenters. The number of piperidine rings is 1. The Morgan fingerprint density at radius 2 is 2.08 bits per heavy atom. The summed E-state index contributed by atoms with van der Waals surface area (Å²) in [6, 6.07) is 11.0. The third-order valence-electron chi connectivity index (χ3n) is 4.60. The monoisotopic (exact) mass is 372 g/mol. The highest BCUT2D eigenvalue weighted by Gasteiger charge is 2.22. The van der Waals surface area contributed by atoms with Gasteiger partial charge in [-0.1, -0.05) is 25.1 Å². The van der Waals surface area contributed by atoms with Gasteiger partial charge in [0, 0.05) is 36.7 Å². The molecule has 1 aromatic heterocycles. The fraction of sp³-hybridized carbons (Fsp3) is 0.400. The van der Waals surface area contributed by atoms with E-state index in [9.17, 15) is 13.2 Å². The maximum Gasteiger partial charge on any atom is 0.253 e. The van der Waals surface area contributed by atoms with E-state index < -0.39 is 9.84 Å². The quantitative estimate of drug-likeness (QED) is 0.827. The van der Waals surface area contributed by atoms with Gasteiger partial charge in [-0.15, -0.1) is 0 Å². The van der Waals surface area contributed by atoms with Crippen molar-refractivity contribution in [3.05, 3.63) is 53.7 Å². The molecule has 1 amide bonds. The lowest BCUT2D eigenvalue weighted by Gasteiger charge is -2.31. The number of rotatable bonds is 4. The van der Waals surface area contributed by atoms with Gasteiger partial charge in [0.15, 0.2) is 9.84 Å². The maximum atomic E-state index is 12.8. The van der Waals surface area contributed by atoms with E-state index in [-0.39, 0.29) is 11.7 Å². The molecule has 138 valence electrons. The van der Waals surface area contributed by atoms with Gasteiger partial charge in [-0.05, 0) is 42.5 Å². The fourth-order valence-electron chi connectivity index (χ4n) is 3.35. The van der Waals surface area contributed by atoms with Crippen molar-refractivity contribution in [3.8, 4) is 11.3 Å². The first-order chi connectivity index (χ1) is 12.3. The highest BCUT2D eigenvalue weighted by molar-refractivity contribution is 7.89. The minimum absolute atomic E-state index is 0.0219. The number of nitrogens with zero attached hydrogens (tertiary/aromatic N) is 2. The molecule has 2 heterocycles. The summed E-state index contributed by atoms with van der Waals surface area (Å²) in [5.74, 6) is 0.582. The minimum Gasteiger partial charge on any atom is -0.338 e. The van der Waals surface area contributed by atoms with Crippen molar-refractivity contribution in [1.29, 1.82) is 0 Å². The Balaban J connectivity index is 1.79. The SMILES string of the molecule is C[C@@H]1CCCN(C(=O)c2cccc(-c3ccc(CS(C)(=O)=O)cn3)c2)C1. The van der Waals surface area contributed by atoms with Gasteiger partial charge in [0.25, 0.3) is 5.91 Å². The molecule has 3 rings (SSSR count). The first-order valence-corrected chi connectivity index (χ1v) is 10.9.